The van der Waals surface area contributed by atoms with Crippen molar-refractivity contribution in [1.29, 1.82) is 0 Å². The maximum Gasteiger partial charge on any atom is 0.272 e. The van der Waals surface area contributed by atoms with E-state index in [0.717, 1.165) is 15.8 Å². The molecule has 0 fully saturated rings. The molecule has 0 unspecified atom stereocenters. The summed E-state index contributed by atoms with van der Waals surface area (Å²) < 4.78 is 7.88. The molecule has 0 aliphatic rings. The number of carbonyl (C=O) groups excluding carboxylic acids is 1. The second-order valence-corrected chi connectivity index (χ2v) is 7.83. The molecule has 0 saturated heterocycles. The summed E-state index contributed by atoms with van der Waals surface area (Å²) >= 11 is 19.9. The Labute approximate surface area is 175 Å². The van der Waals surface area contributed by atoms with Crippen LogP contribution in [0.15, 0.2) is 47.5 Å². The van der Waals surface area contributed by atoms with Crippen LogP contribution in [0.1, 0.15) is 5.56 Å². The summed E-state index contributed by atoms with van der Waals surface area (Å²) in [6, 6.07) is 10.7. The van der Waals surface area contributed by atoms with Crippen LogP contribution in [0.4, 0.5) is 0 Å². The number of fused-ring (bicyclic) bond motifs is 1. The number of hydrogen-bond donors (Lipinski definition) is 0. The Morgan fingerprint density at radius 2 is 2.00 bits per heavy atom. The van der Waals surface area contributed by atoms with Crippen molar-refractivity contribution in [1.82, 2.24) is 4.57 Å². The molecular weight excluding hydrogens is 427 g/mol. The minimum atomic E-state index is -0.394. The highest BCUT2D eigenvalue weighted by atomic mass is 35.5. The molecule has 0 atom stereocenters. The number of halogens is 3. The molecule has 4 nitrogen and oxygen atoms in total. The van der Waals surface area contributed by atoms with Crippen LogP contribution in [-0.2, 0) is 16.1 Å². The van der Waals surface area contributed by atoms with Gasteiger partial charge < -0.3 is 9.30 Å². The van der Waals surface area contributed by atoms with Gasteiger partial charge in [-0.15, -0.1) is 0 Å². The SMILES string of the molecule is COCCn1c(=NC(=O)/C=C/c2ccccc2Cl)sc2cc(Cl)cc(Cl)c21. The van der Waals surface area contributed by atoms with Crippen molar-refractivity contribution in [3.63, 3.8) is 0 Å². The van der Waals surface area contributed by atoms with Crippen molar-refractivity contribution in [3.8, 4) is 0 Å². The van der Waals surface area contributed by atoms with Gasteiger partial charge in [0.15, 0.2) is 4.80 Å². The van der Waals surface area contributed by atoms with Gasteiger partial charge in [-0.05, 0) is 29.8 Å². The summed E-state index contributed by atoms with van der Waals surface area (Å²) in [6.45, 7) is 0.972. The van der Waals surface area contributed by atoms with E-state index < -0.39 is 5.91 Å². The lowest BCUT2D eigenvalue weighted by atomic mass is 10.2. The first-order valence-electron chi connectivity index (χ1n) is 7.98. The highest BCUT2D eigenvalue weighted by Gasteiger charge is 2.12. The fraction of sp³-hybridized carbons (Fsp3) is 0.158. The highest BCUT2D eigenvalue weighted by Crippen LogP contribution is 2.29. The maximum absolute atomic E-state index is 12.4. The molecule has 0 spiro atoms. The Morgan fingerprint density at radius 3 is 2.74 bits per heavy atom. The summed E-state index contributed by atoms with van der Waals surface area (Å²) in [6.07, 6.45) is 3.03. The topological polar surface area (TPSA) is 43.6 Å². The Balaban J connectivity index is 2.02. The zero-order valence-corrected chi connectivity index (χ0v) is 17.4. The molecule has 1 heterocycles. The number of rotatable bonds is 5. The van der Waals surface area contributed by atoms with Gasteiger partial charge in [0.1, 0.15) is 0 Å². The predicted molar refractivity (Wildman–Crippen MR) is 113 cm³/mol. The standard InChI is InChI=1S/C19H15Cl3N2O2S/c1-26-9-8-24-18-15(22)10-13(20)11-16(18)27-19(24)23-17(25)7-6-12-4-2-3-5-14(12)21/h2-7,10-11H,8-9H2,1H3/b7-6+,23-19?. The molecule has 27 heavy (non-hydrogen) atoms. The van der Waals surface area contributed by atoms with Crippen LogP contribution >= 0.6 is 46.1 Å². The second-order valence-electron chi connectivity index (χ2n) is 5.57. The average Bonchev–Trinajstić information content (AvgIpc) is 2.96. The first-order valence-corrected chi connectivity index (χ1v) is 9.93. The van der Waals surface area contributed by atoms with E-state index in [1.165, 1.54) is 17.4 Å². The lowest BCUT2D eigenvalue weighted by Crippen LogP contribution is -2.19. The third kappa shape index (κ3) is 4.81. The fourth-order valence-electron chi connectivity index (χ4n) is 2.51. The molecule has 0 N–H and O–H groups in total. The van der Waals surface area contributed by atoms with E-state index in [2.05, 4.69) is 4.99 Å². The smallest absolute Gasteiger partial charge is 0.272 e. The van der Waals surface area contributed by atoms with Gasteiger partial charge in [-0.2, -0.15) is 4.99 Å². The summed E-state index contributed by atoms with van der Waals surface area (Å²) in [5.74, 6) is -0.394. The lowest BCUT2D eigenvalue weighted by Gasteiger charge is -2.05. The number of methoxy groups -OCH3 is 1. The number of nitrogens with zero attached hydrogens (tertiary/aromatic N) is 2. The molecule has 0 aliphatic heterocycles. The van der Waals surface area contributed by atoms with Crippen LogP contribution in [0, 0.1) is 0 Å². The van der Waals surface area contributed by atoms with Gasteiger partial charge in [-0.3, -0.25) is 4.79 Å². The van der Waals surface area contributed by atoms with E-state index in [1.807, 2.05) is 22.8 Å². The number of hydrogen-bond acceptors (Lipinski definition) is 3. The minimum Gasteiger partial charge on any atom is -0.383 e. The number of benzene rings is 2. The van der Waals surface area contributed by atoms with Crippen LogP contribution in [0.3, 0.4) is 0 Å². The molecule has 3 rings (SSSR count). The first kappa shape index (κ1) is 20.1. The van der Waals surface area contributed by atoms with Gasteiger partial charge in [0.2, 0.25) is 0 Å². The van der Waals surface area contributed by atoms with Crippen molar-refractivity contribution in [3.05, 3.63) is 67.9 Å². The van der Waals surface area contributed by atoms with Crippen LogP contribution in [0.2, 0.25) is 15.1 Å². The van der Waals surface area contributed by atoms with E-state index in [4.69, 9.17) is 39.5 Å². The Bertz CT molecular complexity index is 1090. The van der Waals surface area contributed by atoms with E-state index in [-0.39, 0.29) is 0 Å². The van der Waals surface area contributed by atoms with Crippen LogP contribution < -0.4 is 4.80 Å². The van der Waals surface area contributed by atoms with E-state index in [0.29, 0.717) is 33.0 Å². The zero-order chi connectivity index (χ0) is 19.4. The third-order valence-corrected chi connectivity index (χ3v) is 5.61. The van der Waals surface area contributed by atoms with Crippen molar-refractivity contribution in [2.75, 3.05) is 13.7 Å². The summed E-state index contributed by atoms with van der Waals surface area (Å²) in [5.41, 5.74) is 1.53. The van der Waals surface area contributed by atoms with Gasteiger partial charge in [-0.1, -0.05) is 64.3 Å². The van der Waals surface area contributed by atoms with Crippen molar-refractivity contribution in [2.24, 2.45) is 4.99 Å². The normalized spacial score (nSPS) is 12.4. The molecule has 0 aliphatic carbocycles. The Morgan fingerprint density at radius 1 is 1.22 bits per heavy atom. The monoisotopic (exact) mass is 440 g/mol. The molecular formula is C19H15Cl3N2O2S. The molecule has 3 aromatic rings. The summed E-state index contributed by atoms with van der Waals surface area (Å²) in [7, 11) is 1.61. The molecule has 0 saturated carbocycles. The van der Waals surface area contributed by atoms with Gasteiger partial charge in [-0.25, -0.2) is 0 Å². The van der Waals surface area contributed by atoms with E-state index in [9.17, 15) is 4.79 Å². The van der Waals surface area contributed by atoms with Crippen LogP contribution in [0.5, 0.6) is 0 Å². The number of ether oxygens (including phenoxy) is 1. The van der Waals surface area contributed by atoms with Crippen LogP contribution in [0.25, 0.3) is 16.3 Å². The summed E-state index contributed by atoms with van der Waals surface area (Å²) in [4.78, 5) is 17.1. The zero-order valence-electron chi connectivity index (χ0n) is 14.3. The number of thiazole rings is 1. The Hall–Kier alpha value is -1.63. The van der Waals surface area contributed by atoms with Gasteiger partial charge in [0.05, 0.1) is 21.8 Å². The molecule has 0 bridgehead atoms. The molecule has 140 valence electrons. The number of aromatic nitrogens is 1. The van der Waals surface area contributed by atoms with Crippen molar-refractivity contribution in [2.45, 2.75) is 6.54 Å². The van der Waals surface area contributed by atoms with Gasteiger partial charge in [0, 0.05) is 29.8 Å². The minimum absolute atomic E-state index is 0.394. The van der Waals surface area contributed by atoms with E-state index >= 15 is 0 Å². The molecule has 1 amide bonds. The number of amides is 1. The van der Waals surface area contributed by atoms with Crippen molar-refractivity contribution >= 4 is 68.3 Å². The molecule has 8 heteroatoms. The Kier molecular flexibility index (Phi) is 6.73. The third-order valence-electron chi connectivity index (χ3n) is 3.73. The number of carbonyl (C=O) groups is 1. The van der Waals surface area contributed by atoms with Crippen LogP contribution in [-0.4, -0.2) is 24.2 Å². The van der Waals surface area contributed by atoms with Gasteiger partial charge in [0.25, 0.3) is 5.91 Å². The summed E-state index contributed by atoms with van der Waals surface area (Å²) in [5, 5.41) is 1.61. The second kappa shape index (κ2) is 9.04. The van der Waals surface area contributed by atoms with E-state index in [1.54, 1.807) is 31.4 Å². The van der Waals surface area contributed by atoms with Crippen molar-refractivity contribution < 1.29 is 9.53 Å². The van der Waals surface area contributed by atoms with Gasteiger partial charge >= 0.3 is 0 Å². The molecule has 2 aromatic carbocycles. The quantitative estimate of drug-likeness (QED) is 0.494. The average molecular weight is 442 g/mol. The lowest BCUT2D eigenvalue weighted by molar-refractivity contribution is -0.113. The first-order chi connectivity index (χ1) is 13.0. The highest BCUT2D eigenvalue weighted by molar-refractivity contribution is 7.16. The molecule has 0 radical (unpaired) electrons. The maximum atomic E-state index is 12.4. The fourth-order valence-corrected chi connectivity index (χ4v) is 4.55. The predicted octanol–water partition coefficient (Wildman–Crippen LogP) is 5.45. The largest absolute Gasteiger partial charge is 0.383 e. The molecule has 1 aromatic heterocycles.